The van der Waals surface area contributed by atoms with Gasteiger partial charge < -0.3 is 4.74 Å². The Bertz CT molecular complexity index is 166. The van der Waals surface area contributed by atoms with E-state index in [9.17, 15) is 13.2 Å². The molecule has 1 heterocycles. The lowest BCUT2D eigenvalue weighted by atomic mass is 9.91. The van der Waals surface area contributed by atoms with Crippen molar-refractivity contribution in [3.8, 4) is 0 Å². The minimum atomic E-state index is -4.21. The molecule has 4 heteroatoms. The second-order valence-electron chi connectivity index (χ2n) is 3.52. The van der Waals surface area contributed by atoms with Crippen LogP contribution in [0.4, 0.5) is 13.2 Å². The van der Waals surface area contributed by atoms with Crippen LogP contribution in [0.3, 0.4) is 0 Å². The van der Waals surface area contributed by atoms with Gasteiger partial charge in [0.05, 0.1) is 6.10 Å². The van der Waals surface area contributed by atoms with Crippen LogP contribution >= 0.6 is 0 Å². The minimum Gasteiger partial charge on any atom is -0.365 e. The van der Waals surface area contributed by atoms with E-state index in [1.807, 2.05) is 0 Å². The molecule has 0 bridgehead atoms. The topological polar surface area (TPSA) is 9.23 Å². The summed E-state index contributed by atoms with van der Waals surface area (Å²) in [6, 6.07) is 0. The fraction of sp³-hybridized carbons (Fsp3) is 1.00. The third-order valence-electron chi connectivity index (χ3n) is 2.73. The van der Waals surface area contributed by atoms with E-state index < -0.39 is 18.2 Å². The van der Waals surface area contributed by atoms with Gasteiger partial charge in [-0.25, -0.2) is 0 Å². The summed E-state index contributed by atoms with van der Waals surface area (Å²) in [7, 11) is 0. The standard InChI is InChI=1S/C8H13F3O/c1-4-5(2)7(8(9,10)11)12-6(4)3/h4-7H,1-3H3. The van der Waals surface area contributed by atoms with E-state index in [4.69, 9.17) is 4.74 Å². The first-order chi connectivity index (χ1) is 5.34. The Labute approximate surface area is 69.9 Å². The van der Waals surface area contributed by atoms with Crippen molar-refractivity contribution in [1.82, 2.24) is 0 Å². The third-order valence-corrected chi connectivity index (χ3v) is 2.73. The van der Waals surface area contributed by atoms with Gasteiger partial charge in [-0.3, -0.25) is 0 Å². The van der Waals surface area contributed by atoms with Crippen molar-refractivity contribution >= 4 is 0 Å². The zero-order valence-electron chi connectivity index (χ0n) is 7.35. The number of ether oxygens (including phenoxy) is 1. The molecule has 0 spiro atoms. The summed E-state index contributed by atoms with van der Waals surface area (Å²) in [5.74, 6) is -0.448. The Morgan fingerprint density at radius 2 is 1.50 bits per heavy atom. The molecule has 0 amide bonds. The Kier molecular flexibility index (Phi) is 2.38. The Balaban J connectivity index is 2.71. The highest BCUT2D eigenvalue weighted by Crippen LogP contribution is 2.40. The predicted octanol–water partition coefficient (Wildman–Crippen LogP) is 2.61. The fourth-order valence-electron chi connectivity index (χ4n) is 1.56. The zero-order chi connectivity index (χ0) is 9.52. The SMILES string of the molecule is CC1OC(C(F)(F)F)C(C)C1C. The van der Waals surface area contributed by atoms with Crippen molar-refractivity contribution in [2.75, 3.05) is 0 Å². The first kappa shape index (κ1) is 9.84. The van der Waals surface area contributed by atoms with E-state index in [1.54, 1.807) is 20.8 Å². The molecule has 0 aliphatic carbocycles. The predicted molar refractivity (Wildman–Crippen MR) is 38.7 cm³/mol. The largest absolute Gasteiger partial charge is 0.414 e. The van der Waals surface area contributed by atoms with Crippen molar-refractivity contribution in [2.45, 2.75) is 39.2 Å². The quantitative estimate of drug-likeness (QED) is 0.559. The monoisotopic (exact) mass is 182 g/mol. The van der Waals surface area contributed by atoms with Crippen LogP contribution < -0.4 is 0 Å². The molecule has 1 rings (SSSR count). The minimum absolute atomic E-state index is 0.0170. The third kappa shape index (κ3) is 1.58. The Morgan fingerprint density at radius 3 is 1.67 bits per heavy atom. The maximum atomic E-state index is 12.2. The molecule has 1 aliphatic heterocycles. The average molecular weight is 182 g/mol. The molecule has 0 saturated carbocycles. The molecule has 1 fully saturated rings. The van der Waals surface area contributed by atoms with Gasteiger partial charge in [0.2, 0.25) is 0 Å². The molecule has 0 aromatic heterocycles. The van der Waals surface area contributed by atoms with E-state index in [1.165, 1.54) is 0 Å². The van der Waals surface area contributed by atoms with E-state index in [0.29, 0.717) is 0 Å². The summed E-state index contributed by atoms with van der Waals surface area (Å²) >= 11 is 0. The summed E-state index contributed by atoms with van der Waals surface area (Å²) in [6.45, 7) is 5.07. The molecule has 0 radical (unpaired) electrons. The molecule has 0 aromatic carbocycles. The molecule has 1 aliphatic rings. The summed E-state index contributed by atoms with van der Waals surface area (Å²) in [5.41, 5.74) is 0. The maximum Gasteiger partial charge on any atom is 0.414 e. The van der Waals surface area contributed by atoms with Crippen LogP contribution in [0.1, 0.15) is 20.8 Å². The number of alkyl halides is 3. The van der Waals surface area contributed by atoms with Gasteiger partial charge in [-0.05, 0) is 18.8 Å². The van der Waals surface area contributed by atoms with Gasteiger partial charge >= 0.3 is 6.18 Å². The highest BCUT2D eigenvalue weighted by molar-refractivity contribution is 4.87. The second-order valence-corrected chi connectivity index (χ2v) is 3.52. The van der Waals surface area contributed by atoms with Crippen LogP contribution in [0.15, 0.2) is 0 Å². The fourth-order valence-corrected chi connectivity index (χ4v) is 1.56. The molecule has 1 saturated heterocycles. The van der Waals surface area contributed by atoms with Gasteiger partial charge in [-0.2, -0.15) is 13.2 Å². The zero-order valence-corrected chi connectivity index (χ0v) is 7.35. The van der Waals surface area contributed by atoms with Crippen LogP contribution in [-0.4, -0.2) is 18.4 Å². The normalized spacial score (nSPS) is 43.5. The van der Waals surface area contributed by atoms with E-state index in [2.05, 4.69) is 0 Å². The maximum absolute atomic E-state index is 12.2. The van der Waals surface area contributed by atoms with Gasteiger partial charge in [0.25, 0.3) is 0 Å². The number of halogens is 3. The van der Waals surface area contributed by atoms with Crippen LogP contribution in [0.5, 0.6) is 0 Å². The van der Waals surface area contributed by atoms with E-state index >= 15 is 0 Å². The molecule has 4 unspecified atom stereocenters. The Morgan fingerprint density at radius 1 is 1.00 bits per heavy atom. The lowest BCUT2D eigenvalue weighted by Crippen LogP contribution is -2.33. The number of hydrogen-bond acceptors (Lipinski definition) is 1. The van der Waals surface area contributed by atoms with Gasteiger partial charge in [-0.1, -0.05) is 13.8 Å². The van der Waals surface area contributed by atoms with Crippen LogP contribution in [0, 0.1) is 11.8 Å². The van der Waals surface area contributed by atoms with Crippen molar-refractivity contribution in [1.29, 1.82) is 0 Å². The summed E-state index contributed by atoms with van der Waals surface area (Å²) < 4.78 is 41.5. The van der Waals surface area contributed by atoms with Crippen molar-refractivity contribution < 1.29 is 17.9 Å². The van der Waals surface area contributed by atoms with Crippen molar-refractivity contribution in [3.05, 3.63) is 0 Å². The Hall–Kier alpha value is -0.250. The van der Waals surface area contributed by atoms with Gasteiger partial charge in [-0.15, -0.1) is 0 Å². The first-order valence-corrected chi connectivity index (χ1v) is 4.06. The molecule has 4 atom stereocenters. The second kappa shape index (κ2) is 2.91. The molecule has 0 N–H and O–H groups in total. The molecular weight excluding hydrogens is 169 g/mol. The first-order valence-electron chi connectivity index (χ1n) is 4.06. The smallest absolute Gasteiger partial charge is 0.365 e. The van der Waals surface area contributed by atoms with Crippen LogP contribution in [-0.2, 0) is 4.74 Å². The lowest BCUT2D eigenvalue weighted by molar-refractivity contribution is -0.221. The highest BCUT2D eigenvalue weighted by Gasteiger charge is 2.51. The molecule has 12 heavy (non-hydrogen) atoms. The van der Waals surface area contributed by atoms with Crippen molar-refractivity contribution in [2.24, 2.45) is 11.8 Å². The molecular formula is C8H13F3O. The average Bonchev–Trinajstić information content (AvgIpc) is 2.15. The molecule has 0 aromatic rings. The summed E-state index contributed by atoms with van der Waals surface area (Å²) in [6.07, 6.45) is -6.06. The summed E-state index contributed by atoms with van der Waals surface area (Å²) in [4.78, 5) is 0. The highest BCUT2D eigenvalue weighted by atomic mass is 19.4. The molecule has 1 nitrogen and oxygen atoms in total. The van der Waals surface area contributed by atoms with Gasteiger partial charge in [0.1, 0.15) is 0 Å². The summed E-state index contributed by atoms with van der Waals surface area (Å²) in [5, 5.41) is 0. The van der Waals surface area contributed by atoms with Crippen LogP contribution in [0.2, 0.25) is 0 Å². The number of rotatable bonds is 0. The van der Waals surface area contributed by atoms with Gasteiger partial charge in [0, 0.05) is 0 Å². The van der Waals surface area contributed by atoms with Crippen molar-refractivity contribution in [3.63, 3.8) is 0 Å². The number of hydrogen-bond donors (Lipinski definition) is 0. The lowest BCUT2D eigenvalue weighted by Gasteiger charge is -2.18. The van der Waals surface area contributed by atoms with E-state index in [0.717, 1.165) is 0 Å². The van der Waals surface area contributed by atoms with Gasteiger partial charge in [0.15, 0.2) is 6.10 Å². The van der Waals surface area contributed by atoms with Crippen LogP contribution in [0.25, 0.3) is 0 Å². The molecule has 72 valence electrons. The van der Waals surface area contributed by atoms with E-state index in [-0.39, 0.29) is 12.0 Å².